The number of benzene rings is 2. The lowest BCUT2D eigenvalue weighted by atomic mass is 10.1. The van der Waals surface area contributed by atoms with Gasteiger partial charge < -0.3 is 19.1 Å². The molecule has 1 saturated carbocycles. The maximum Gasteiger partial charge on any atom is 0.412 e. The standard InChI is InChI=1S/C26H28N2O6/c1-16-23(27-26(31)33-17(2)20-6-4-3-5-7-20)24(34-28-16)21-12-10-19(11-13-21)15-32-22(25(29)30)14-18-8-9-18/h3-7,10-13,17-18,22H,8-9,14-15H2,1-2H3,(H,27,31)(H,29,30)/t17-,22?/m1/s1. The summed E-state index contributed by atoms with van der Waals surface area (Å²) in [6.07, 6.45) is 0.895. The smallest absolute Gasteiger partial charge is 0.412 e. The third-order valence-corrected chi connectivity index (χ3v) is 5.83. The molecule has 3 aromatic rings. The van der Waals surface area contributed by atoms with Crippen molar-refractivity contribution in [2.45, 2.75) is 51.9 Å². The second-order valence-electron chi connectivity index (χ2n) is 8.57. The number of aromatic nitrogens is 1. The zero-order chi connectivity index (χ0) is 24.1. The molecule has 0 saturated heterocycles. The second-order valence-corrected chi connectivity index (χ2v) is 8.57. The highest BCUT2D eigenvalue weighted by Crippen LogP contribution is 2.35. The lowest BCUT2D eigenvalue weighted by Gasteiger charge is -2.14. The van der Waals surface area contributed by atoms with Gasteiger partial charge in [0.15, 0.2) is 11.9 Å². The first kappa shape index (κ1) is 23.5. The molecule has 0 aliphatic heterocycles. The Morgan fingerprint density at radius 2 is 1.85 bits per heavy atom. The third kappa shape index (κ3) is 6.02. The van der Waals surface area contributed by atoms with Crippen LogP contribution in [0.3, 0.4) is 0 Å². The first-order valence-electron chi connectivity index (χ1n) is 11.3. The van der Waals surface area contributed by atoms with Gasteiger partial charge in [0.2, 0.25) is 0 Å². The van der Waals surface area contributed by atoms with Crippen LogP contribution in [-0.2, 0) is 20.9 Å². The van der Waals surface area contributed by atoms with E-state index in [0.29, 0.717) is 35.0 Å². The highest BCUT2D eigenvalue weighted by molar-refractivity contribution is 5.90. The van der Waals surface area contributed by atoms with Crippen molar-refractivity contribution in [1.82, 2.24) is 5.16 Å². The van der Waals surface area contributed by atoms with E-state index in [-0.39, 0.29) is 6.61 Å². The van der Waals surface area contributed by atoms with Gasteiger partial charge in [0.1, 0.15) is 17.5 Å². The zero-order valence-corrected chi connectivity index (χ0v) is 19.2. The Bertz CT molecular complexity index is 1120. The van der Waals surface area contributed by atoms with Crippen molar-refractivity contribution in [3.63, 3.8) is 0 Å². The topological polar surface area (TPSA) is 111 Å². The summed E-state index contributed by atoms with van der Waals surface area (Å²) in [6, 6.07) is 16.8. The first-order valence-corrected chi connectivity index (χ1v) is 11.3. The minimum Gasteiger partial charge on any atom is -0.479 e. The maximum atomic E-state index is 12.5. The number of carboxylic acids is 1. The van der Waals surface area contributed by atoms with E-state index in [0.717, 1.165) is 24.0 Å². The fourth-order valence-corrected chi connectivity index (χ4v) is 3.64. The minimum absolute atomic E-state index is 0.203. The fourth-order valence-electron chi connectivity index (χ4n) is 3.64. The van der Waals surface area contributed by atoms with Crippen molar-refractivity contribution < 1.29 is 28.7 Å². The van der Waals surface area contributed by atoms with Crippen LogP contribution in [-0.4, -0.2) is 28.4 Å². The lowest BCUT2D eigenvalue weighted by molar-refractivity contribution is -0.152. The van der Waals surface area contributed by atoms with E-state index in [9.17, 15) is 14.7 Å². The molecule has 8 nitrogen and oxygen atoms in total. The van der Waals surface area contributed by atoms with Gasteiger partial charge in [-0.1, -0.05) is 72.6 Å². The van der Waals surface area contributed by atoms with E-state index in [4.69, 9.17) is 14.0 Å². The lowest BCUT2D eigenvalue weighted by Crippen LogP contribution is -2.24. The van der Waals surface area contributed by atoms with Gasteiger partial charge >= 0.3 is 12.1 Å². The Hall–Kier alpha value is -3.65. The van der Waals surface area contributed by atoms with Crippen molar-refractivity contribution in [1.29, 1.82) is 0 Å². The molecule has 1 fully saturated rings. The molecule has 1 amide bonds. The molecule has 1 aliphatic rings. The van der Waals surface area contributed by atoms with E-state index in [1.54, 1.807) is 13.8 Å². The summed E-state index contributed by atoms with van der Waals surface area (Å²) in [5.74, 6) is -0.0530. The summed E-state index contributed by atoms with van der Waals surface area (Å²) in [7, 11) is 0. The molecule has 34 heavy (non-hydrogen) atoms. The average Bonchev–Trinajstić information content (AvgIpc) is 3.59. The number of ether oxygens (including phenoxy) is 2. The summed E-state index contributed by atoms with van der Waals surface area (Å²) in [4.78, 5) is 23.9. The van der Waals surface area contributed by atoms with Crippen molar-refractivity contribution in [3.05, 3.63) is 71.4 Å². The molecular formula is C26H28N2O6. The number of hydrogen-bond donors (Lipinski definition) is 2. The first-order chi connectivity index (χ1) is 16.4. The number of aliphatic carboxylic acids is 1. The molecule has 2 atom stereocenters. The van der Waals surface area contributed by atoms with Crippen LogP contribution in [0.4, 0.5) is 10.5 Å². The average molecular weight is 465 g/mol. The number of anilines is 1. The molecule has 1 aromatic heterocycles. The fraction of sp³-hybridized carbons (Fsp3) is 0.346. The molecule has 0 bridgehead atoms. The third-order valence-electron chi connectivity index (χ3n) is 5.83. The van der Waals surface area contributed by atoms with E-state index >= 15 is 0 Å². The molecule has 2 aromatic carbocycles. The molecule has 8 heteroatoms. The Morgan fingerprint density at radius 1 is 1.15 bits per heavy atom. The molecule has 178 valence electrons. The van der Waals surface area contributed by atoms with Gasteiger partial charge in [-0.05, 0) is 37.3 Å². The number of nitrogens with zero attached hydrogens (tertiary/aromatic N) is 1. The van der Waals surface area contributed by atoms with Crippen molar-refractivity contribution in [2.24, 2.45) is 5.92 Å². The van der Waals surface area contributed by atoms with Crippen LogP contribution in [0.15, 0.2) is 59.1 Å². The van der Waals surface area contributed by atoms with Gasteiger partial charge in [-0.3, -0.25) is 5.32 Å². The molecule has 0 radical (unpaired) electrons. The molecule has 1 aliphatic carbocycles. The predicted octanol–water partition coefficient (Wildman–Crippen LogP) is 5.73. The van der Waals surface area contributed by atoms with Gasteiger partial charge in [0.05, 0.1) is 6.61 Å². The summed E-state index contributed by atoms with van der Waals surface area (Å²) >= 11 is 0. The molecule has 1 unspecified atom stereocenters. The van der Waals surface area contributed by atoms with Crippen molar-refractivity contribution in [2.75, 3.05) is 5.32 Å². The number of carbonyl (C=O) groups is 2. The van der Waals surface area contributed by atoms with Gasteiger partial charge in [-0.25, -0.2) is 9.59 Å². The summed E-state index contributed by atoms with van der Waals surface area (Å²) in [5, 5.41) is 16.1. The predicted molar refractivity (Wildman–Crippen MR) is 125 cm³/mol. The number of amides is 1. The normalized spacial score (nSPS) is 14.9. The van der Waals surface area contributed by atoms with E-state index in [1.807, 2.05) is 54.6 Å². The van der Waals surface area contributed by atoms with E-state index < -0.39 is 24.3 Å². The Labute approximate surface area is 197 Å². The van der Waals surface area contributed by atoms with Gasteiger partial charge in [0, 0.05) is 5.56 Å². The Kier molecular flexibility index (Phi) is 7.27. The van der Waals surface area contributed by atoms with E-state index in [1.165, 1.54) is 0 Å². The van der Waals surface area contributed by atoms with Crippen LogP contribution in [0.2, 0.25) is 0 Å². The Morgan fingerprint density at radius 3 is 2.50 bits per heavy atom. The van der Waals surface area contributed by atoms with Crippen LogP contribution < -0.4 is 5.32 Å². The van der Waals surface area contributed by atoms with Crippen LogP contribution in [0.25, 0.3) is 11.3 Å². The molecular weight excluding hydrogens is 436 g/mol. The molecule has 1 heterocycles. The number of carbonyl (C=O) groups excluding carboxylic acids is 1. The number of hydrogen-bond acceptors (Lipinski definition) is 6. The summed E-state index contributed by atoms with van der Waals surface area (Å²) in [5.41, 5.74) is 3.40. The van der Waals surface area contributed by atoms with Gasteiger partial charge in [-0.2, -0.15) is 0 Å². The van der Waals surface area contributed by atoms with Crippen LogP contribution in [0, 0.1) is 12.8 Å². The maximum absolute atomic E-state index is 12.5. The van der Waals surface area contributed by atoms with Crippen LogP contribution in [0.1, 0.15) is 49.1 Å². The number of rotatable bonds is 10. The summed E-state index contributed by atoms with van der Waals surface area (Å²) in [6.45, 7) is 3.74. The minimum atomic E-state index is -0.926. The van der Waals surface area contributed by atoms with Crippen molar-refractivity contribution >= 4 is 17.7 Å². The number of aryl methyl sites for hydroxylation is 1. The van der Waals surface area contributed by atoms with E-state index in [2.05, 4.69) is 10.5 Å². The SMILES string of the molecule is Cc1noc(-c2ccc(COC(CC3CC3)C(=O)O)cc2)c1NC(=O)O[C@H](C)c1ccccc1. The van der Waals surface area contributed by atoms with Crippen molar-refractivity contribution in [3.8, 4) is 11.3 Å². The molecule has 0 spiro atoms. The highest BCUT2D eigenvalue weighted by Gasteiger charge is 2.29. The van der Waals surface area contributed by atoms with Gasteiger partial charge in [-0.15, -0.1) is 0 Å². The molecule has 2 N–H and O–H groups in total. The zero-order valence-electron chi connectivity index (χ0n) is 19.2. The van der Waals surface area contributed by atoms with Crippen LogP contribution in [0.5, 0.6) is 0 Å². The Balaban J connectivity index is 1.39. The monoisotopic (exact) mass is 464 g/mol. The quantitative estimate of drug-likeness (QED) is 0.394. The second kappa shape index (κ2) is 10.5. The number of nitrogens with one attached hydrogen (secondary N) is 1. The molecule has 4 rings (SSSR count). The number of carboxylic acid groups (broad SMARTS) is 1. The van der Waals surface area contributed by atoms with Gasteiger partial charge in [0.25, 0.3) is 0 Å². The summed E-state index contributed by atoms with van der Waals surface area (Å²) < 4.78 is 16.6. The highest BCUT2D eigenvalue weighted by atomic mass is 16.6. The largest absolute Gasteiger partial charge is 0.479 e. The van der Waals surface area contributed by atoms with Crippen LogP contribution >= 0.6 is 0 Å².